The van der Waals surface area contributed by atoms with Gasteiger partial charge in [-0.05, 0) is 53.9 Å². The van der Waals surface area contributed by atoms with Crippen molar-refractivity contribution in [3.05, 3.63) is 108 Å². The van der Waals surface area contributed by atoms with Crippen molar-refractivity contribution in [3.8, 4) is 23.2 Å². The minimum absolute atomic E-state index is 0.0515. The lowest BCUT2D eigenvalue weighted by Gasteiger charge is -2.06. The Morgan fingerprint density at radius 3 is 2.43 bits per heavy atom. The molecule has 0 aliphatic carbocycles. The lowest BCUT2D eigenvalue weighted by molar-refractivity contribution is -0.120. The van der Waals surface area contributed by atoms with Crippen LogP contribution in [0.5, 0.6) is 17.4 Å². The molecule has 2 aromatic heterocycles. The quantitative estimate of drug-likeness (QED) is 0.344. The van der Waals surface area contributed by atoms with Gasteiger partial charge in [-0.2, -0.15) is 0 Å². The van der Waals surface area contributed by atoms with Gasteiger partial charge in [0.15, 0.2) is 5.82 Å². The van der Waals surface area contributed by atoms with E-state index in [1.54, 1.807) is 18.2 Å². The van der Waals surface area contributed by atoms with Gasteiger partial charge < -0.3 is 15.2 Å². The van der Waals surface area contributed by atoms with Crippen molar-refractivity contribution in [3.63, 3.8) is 0 Å². The van der Waals surface area contributed by atoms with Crippen LogP contribution in [0.15, 0.2) is 97.2 Å². The molecule has 0 saturated carbocycles. The minimum Gasteiger partial charge on any atom is -0.508 e. The van der Waals surface area contributed by atoms with Crippen LogP contribution in [0.3, 0.4) is 0 Å². The molecule has 7 heteroatoms. The number of phenols is 1. The Kier molecular flexibility index (Phi) is 6.39. The number of nitrogens with one attached hydrogen (secondary N) is 1. The van der Waals surface area contributed by atoms with Crippen molar-refractivity contribution >= 4 is 16.8 Å². The molecule has 1 amide bonds. The molecule has 35 heavy (non-hydrogen) atoms. The van der Waals surface area contributed by atoms with Crippen LogP contribution in [0.1, 0.15) is 11.1 Å². The number of phenolic OH excluding ortho intramolecular Hbond substituents is 1. The number of para-hydroxylation sites is 2. The lowest BCUT2D eigenvalue weighted by Crippen LogP contribution is -2.27. The average Bonchev–Trinajstić information content (AvgIpc) is 3.25. The van der Waals surface area contributed by atoms with Gasteiger partial charge in [0.05, 0.1) is 11.9 Å². The van der Waals surface area contributed by atoms with E-state index in [4.69, 9.17) is 4.74 Å². The molecular formula is C28H24N4O3. The van der Waals surface area contributed by atoms with Gasteiger partial charge in [0.1, 0.15) is 11.5 Å². The van der Waals surface area contributed by atoms with Crippen LogP contribution in [0, 0.1) is 0 Å². The normalized spacial score (nSPS) is 10.9. The van der Waals surface area contributed by atoms with Crippen molar-refractivity contribution in [2.75, 3.05) is 6.54 Å². The Bertz CT molecular complexity index is 1430. The highest BCUT2D eigenvalue weighted by atomic mass is 16.5. The molecule has 3 aromatic carbocycles. The van der Waals surface area contributed by atoms with Gasteiger partial charge in [-0.25, -0.2) is 0 Å². The van der Waals surface area contributed by atoms with E-state index in [1.165, 1.54) is 0 Å². The van der Waals surface area contributed by atoms with Crippen LogP contribution < -0.4 is 10.1 Å². The van der Waals surface area contributed by atoms with Crippen LogP contribution in [0.25, 0.3) is 16.7 Å². The molecular weight excluding hydrogens is 440 g/mol. The van der Waals surface area contributed by atoms with E-state index in [2.05, 4.69) is 15.5 Å². The van der Waals surface area contributed by atoms with E-state index in [0.29, 0.717) is 30.4 Å². The van der Waals surface area contributed by atoms with Gasteiger partial charge in [-0.15, -0.1) is 10.2 Å². The number of amides is 1. The molecule has 0 aliphatic rings. The molecule has 5 aromatic rings. The van der Waals surface area contributed by atoms with E-state index in [0.717, 1.165) is 22.0 Å². The van der Waals surface area contributed by atoms with Crippen LogP contribution in [-0.2, 0) is 17.6 Å². The van der Waals surface area contributed by atoms with Gasteiger partial charge in [-0.1, -0.05) is 48.5 Å². The van der Waals surface area contributed by atoms with Crippen LogP contribution in [0.2, 0.25) is 0 Å². The third kappa shape index (κ3) is 5.30. The summed E-state index contributed by atoms with van der Waals surface area (Å²) in [4.78, 5) is 12.7. The maximum atomic E-state index is 12.7. The molecule has 5 rings (SSSR count). The summed E-state index contributed by atoms with van der Waals surface area (Å²) in [5.41, 5.74) is 2.91. The Morgan fingerprint density at radius 2 is 1.66 bits per heavy atom. The highest BCUT2D eigenvalue weighted by Gasteiger charge is 2.14. The van der Waals surface area contributed by atoms with Gasteiger partial charge in [0.25, 0.3) is 0 Å². The number of nitrogens with zero attached hydrogens (tertiary/aromatic N) is 3. The molecule has 0 atom stereocenters. The van der Waals surface area contributed by atoms with Crippen LogP contribution in [0.4, 0.5) is 0 Å². The first-order valence-electron chi connectivity index (χ1n) is 11.4. The zero-order chi connectivity index (χ0) is 24.0. The van der Waals surface area contributed by atoms with Gasteiger partial charge in [0, 0.05) is 24.2 Å². The number of hydrogen-bond donors (Lipinski definition) is 2. The SMILES string of the molecule is O=C(Cc1cn(-c2ccc(Oc3ccccc3)nn2)c2ccccc12)NCCc1ccc(O)cc1. The fourth-order valence-corrected chi connectivity index (χ4v) is 3.93. The zero-order valence-corrected chi connectivity index (χ0v) is 19.0. The number of benzene rings is 3. The largest absolute Gasteiger partial charge is 0.508 e. The monoisotopic (exact) mass is 464 g/mol. The molecule has 7 nitrogen and oxygen atoms in total. The fourth-order valence-electron chi connectivity index (χ4n) is 3.93. The predicted molar refractivity (Wildman–Crippen MR) is 134 cm³/mol. The van der Waals surface area contributed by atoms with Gasteiger partial charge in [-0.3, -0.25) is 9.36 Å². The predicted octanol–water partition coefficient (Wildman–Crippen LogP) is 4.82. The summed E-state index contributed by atoms with van der Waals surface area (Å²) in [5, 5.41) is 21.9. The van der Waals surface area contributed by atoms with Crippen molar-refractivity contribution in [2.24, 2.45) is 0 Å². The topological polar surface area (TPSA) is 89.3 Å². The molecule has 0 unspecified atom stereocenters. The Balaban J connectivity index is 1.29. The molecule has 174 valence electrons. The highest BCUT2D eigenvalue weighted by Crippen LogP contribution is 2.25. The molecule has 0 aliphatic heterocycles. The number of fused-ring (bicyclic) bond motifs is 1. The molecule has 2 N–H and O–H groups in total. The number of carbonyl (C=O) groups excluding carboxylic acids is 1. The summed E-state index contributed by atoms with van der Waals surface area (Å²) in [5.74, 6) is 1.92. The Labute approximate surface area is 202 Å². The lowest BCUT2D eigenvalue weighted by atomic mass is 10.1. The highest BCUT2D eigenvalue weighted by molar-refractivity contribution is 5.90. The second kappa shape index (κ2) is 10.1. The summed E-state index contributed by atoms with van der Waals surface area (Å²) in [6, 6.07) is 28.0. The van der Waals surface area contributed by atoms with Gasteiger partial charge in [0.2, 0.25) is 11.8 Å². The zero-order valence-electron chi connectivity index (χ0n) is 19.0. The molecule has 2 heterocycles. The average molecular weight is 465 g/mol. The van der Waals surface area contributed by atoms with E-state index < -0.39 is 0 Å². The third-order valence-electron chi connectivity index (χ3n) is 5.66. The van der Waals surface area contributed by atoms with E-state index >= 15 is 0 Å². The number of rotatable bonds is 8. The number of aromatic nitrogens is 3. The number of ether oxygens (including phenoxy) is 1. The summed E-state index contributed by atoms with van der Waals surface area (Å²) >= 11 is 0. The first-order valence-corrected chi connectivity index (χ1v) is 11.4. The van der Waals surface area contributed by atoms with Crippen LogP contribution in [-0.4, -0.2) is 32.3 Å². The maximum Gasteiger partial charge on any atom is 0.238 e. The molecule has 0 saturated heterocycles. The first kappa shape index (κ1) is 22.2. The van der Waals surface area contributed by atoms with E-state index in [9.17, 15) is 9.90 Å². The molecule has 0 spiro atoms. The summed E-state index contributed by atoms with van der Waals surface area (Å²) in [6.45, 7) is 0.524. The smallest absolute Gasteiger partial charge is 0.238 e. The van der Waals surface area contributed by atoms with Crippen molar-refractivity contribution in [1.82, 2.24) is 20.1 Å². The standard InChI is InChI=1S/C28H24N4O3/c33-22-12-10-20(11-13-22)16-17-29-27(34)18-21-19-32(25-9-5-4-8-24(21)25)26-14-15-28(31-30-26)35-23-6-2-1-3-7-23/h1-15,19,33H,16-18H2,(H,29,34). The van der Waals surface area contributed by atoms with Crippen molar-refractivity contribution in [1.29, 1.82) is 0 Å². The first-order chi connectivity index (χ1) is 17.2. The van der Waals surface area contributed by atoms with Crippen molar-refractivity contribution < 1.29 is 14.6 Å². The van der Waals surface area contributed by atoms with Crippen molar-refractivity contribution in [2.45, 2.75) is 12.8 Å². The van der Waals surface area contributed by atoms with E-state index in [1.807, 2.05) is 83.6 Å². The van der Waals surface area contributed by atoms with Crippen LogP contribution >= 0.6 is 0 Å². The maximum absolute atomic E-state index is 12.7. The summed E-state index contributed by atoms with van der Waals surface area (Å²) < 4.78 is 7.68. The second-order valence-electron chi connectivity index (χ2n) is 8.13. The number of carbonyl (C=O) groups is 1. The fraction of sp³-hybridized carbons (Fsp3) is 0.107. The number of hydrogen-bond acceptors (Lipinski definition) is 5. The second-order valence-corrected chi connectivity index (χ2v) is 8.13. The molecule has 0 fully saturated rings. The van der Waals surface area contributed by atoms with E-state index in [-0.39, 0.29) is 18.1 Å². The molecule has 0 radical (unpaired) electrons. The summed E-state index contributed by atoms with van der Waals surface area (Å²) in [6.07, 6.45) is 2.89. The Morgan fingerprint density at radius 1 is 0.886 bits per heavy atom. The third-order valence-corrected chi connectivity index (χ3v) is 5.66. The number of aromatic hydroxyl groups is 1. The van der Waals surface area contributed by atoms with Gasteiger partial charge >= 0.3 is 0 Å². The Hall–Kier alpha value is -4.65. The summed E-state index contributed by atoms with van der Waals surface area (Å²) in [7, 11) is 0. The molecule has 0 bridgehead atoms. The minimum atomic E-state index is -0.0515.